The third-order valence-electron chi connectivity index (χ3n) is 3.02. The molecule has 2 aromatic rings. The lowest BCUT2D eigenvalue weighted by atomic mass is 10.2. The lowest BCUT2D eigenvalue weighted by molar-refractivity contribution is -0.385. The van der Waals surface area contributed by atoms with Gasteiger partial charge in [-0.25, -0.2) is 0 Å². The van der Waals surface area contributed by atoms with E-state index in [2.05, 4.69) is 15.8 Å². The van der Waals surface area contributed by atoms with Crippen molar-refractivity contribution < 1.29 is 23.2 Å². The van der Waals surface area contributed by atoms with E-state index < -0.39 is 28.1 Å². The molecule has 0 saturated carbocycles. The highest BCUT2D eigenvalue weighted by Crippen LogP contribution is 2.30. The summed E-state index contributed by atoms with van der Waals surface area (Å²) >= 11 is 4.91. The lowest BCUT2D eigenvalue weighted by Gasteiger charge is -2.10. The van der Waals surface area contributed by atoms with Crippen LogP contribution in [-0.4, -0.2) is 21.4 Å². The van der Waals surface area contributed by atoms with Crippen molar-refractivity contribution in [3.63, 3.8) is 0 Å². The summed E-state index contributed by atoms with van der Waals surface area (Å²) in [7, 11) is 0. The van der Waals surface area contributed by atoms with Gasteiger partial charge in [-0.2, -0.15) is 18.3 Å². The van der Waals surface area contributed by atoms with Crippen LogP contribution < -0.4 is 10.7 Å². The van der Waals surface area contributed by atoms with E-state index in [1.807, 2.05) is 0 Å². The van der Waals surface area contributed by atoms with Crippen molar-refractivity contribution in [3.05, 3.63) is 63.7 Å². The lowest BCUT2D eigenvalue weighted by Crippen LogP contribution is -2.24. The topological polar surface area (TPSA) is 99.8 Å². The van der Waals surface area contributed by atoms with Crippen molar-refractivity contribution in [1.29, 1.82) is 0 Å². The van der Waals surface area contributed by atoms with Crippen molar-refractivity contribution in [2.75, 3.05) is 5.32 Å². The van der Waals surface area contributed by atoms with Gasteiger partial charge in [0.15, 0.2) is 10.9 Å². The van der Waals surface area contributed by atoms with Gasteiger partial charge in [0, 0.05) is 17.3 Å². The van der Waals surface area contributed by atoms with Crippen molar-refractivity contribution in [2.24, 2.45) is 5.10 Å². The van der Waals surface area contributed by atoms with Crippen LogP contribution in [-0.2, 0) is 6.18 Å². The highest BCUT2D eigenvalue weighted by Gasteiger charge is 2.30. The number of halogens is 3. The molecule has 26 heavy (non-hydrogen) atoms. The van der Waals surface area contributed by atoms with Gasteiger partial charge >= 0.3 is 11.9 Å². The fourth-order valence-electron chi connectivity index (χ4n) is 1.86. The number of aromatic hydroxyl groups is 1. The average molecular weight is 384 g/mol. The summed E-state index contributed by atoms with van der Waals surface area (Å²) in [6.45, 7) is 0. The Labute approximate surface area is 150 Å². The monoisotopic (exact) mass is 384 g/mol. The summed E-state index contributed by atoms with van der Waals surface area (Å²) in [5.74, 6) is -0.484. The highest BCUT2D eigenvalue weighted by molar-refractivity contribution is 7.80. The maximum absolute atomic E-state index is 12.6. The van der Waals surface area contributed by atoms with Gasteiger partial charge in [-0.3, -0.25) is 15.5 Å². The zero-order chi connectivity index (χ0) is 19.3. The quantitative estimate of drug-likeness (QED) is 0.322. The number of hydrazone groups is 1. The molecule has 0 unspecified atom stereocenters. The number of nitro benzene ring substituents is 1. The first-order chi connectivity index (χ1) is 12.2. The molecule has 0 bridgehead atoms. The van der Waals surface area contributed by atoms with Crippen molar-refractivity contribution in [1.82, 2.24) is 5.43 Å². The third-order valence-corrected chi connectivity index (χ3v) is 3.22. The molecule has 0 saturated heterocycles. The minimum atomic E-state index is -4.47. The van der Waals surface area contributed by atoms with Crippen LogP contribution in [0.15, 0.2) is 47.6 Å². The first-order valence-corrected chi connectivity index (χ1v) is 7.32. The van der Waals surface area contributed by atoms with E-state index in [0.717, 1.165) is 24.3 Å². The zero-order valence-corrected chi connectivity index (χ0v) is 13.6. The predicted molar refractivity (Wildman–Crippen MR) is 93.2 cm³/mol. The molecule has 3 N–H and O–H groups in total. The van der Waals surface area contributed by atoms with E-state index in [4.69, 9.17) is 12.2 Å². The molecule has 0 fully saturated rings. The Hall–Kier alpha value is -3.21. The summed E-state index contributed by atoms with van der Waals surface area (Å²) in [5.41, 5.74) is 1.49. The van der Waals surface area contributed by atoms with E-state index in [1.165, 1.54) is 24.4 Å². The largest absolute Gasteiger partial charge is 0.502 e. The molecular formula is C15H11F3N4O3S. The van der Waals surface area contributed by atoms with Crippen LogP contribution in [0, 0.1) is 10.1 Å². The third kappa shape index (κ3) is 5.14. The van der Waals surface area contributed by atoms with Crippen LogP contribution in [0.4, 0.5) is 24.5 Å². The number of alkyl halides is 3. The second-order valence-corrected chi connectivity index (χ2v) is 5.32. The summed E-state index contributed by atoms with van der Waals surface area (Å²) in [5, 5.41) is 26.3. The molecule has 2 rings (SSSR count). The number of phenolic OH excluding ortho intramolecular Hbond substituents is 1. The van der Waals surface area contributed by atoms with E-state index in [9.17, 15) is 28.4 Å². The summed E-state index contributed by atoms with van der Waals surface area (Å²) in [4.78, 5) is 9.98. The fourth-order valence-corrected chi connectivity index (χ4v) is 2.04. The second-order valence-electron chi connectivity index (χ2n) is 4.91. The smallest absolute Gasteiger partial charge is 0.416 e. The number of rotatable bonds is 4. The van der Waals surface area contributed by atoms with Crippen molar-refractivity contribution in [2.45, 2.75) is 6.18 Å². The fraction of sp³-hybridized carbons (Fsp3) is 0.0667. The molecule has 7 nitrogen and oxygen atoms in total. The molecule has 11 heteroatoms. The van der Waals surface area contributed by atoms with Crippen LogP contribution in [0.25, 0.3) is 0 Å². The van der Waals surface area contributed by atoms with Gasteiger partial charge < -0.3 is 10.4 Å². The Balaban J connectivity index is 2.00. The van der Waals surface area contributed by atoms with Gasteiger partial charge in [0.05, 0.1) is 16.7 Å². The normalized spacial score (nSPS) is 11.3. The molecule has 0 aliphatic carbocycles. The summed E-state index contributed by atoms with van der Waals surface area (Å²) in [6, 6.07) is 8.07. The van der Waals surface area contributed by atoms with Gasteiger partial charge in [-0.05, 0) is 42.5 Å². The first-order valence-electron chi connectivity index (χ1n) is 6.91. The number of nitro groups is 1. The van der Waals surface area contributed by atoms with Crippen LogP contribution in [0.2, 0.25) is 0 Å². The Kier molecular flexibility index (Phi) is 5.72. The number of benzene rings is 2. The minimum Gasteiger partial charge on any atom is -0.502 e. The number of thiocarbonyl (C=S) groups is 1. The van der Waals surface area contributed by atoms with Crippen molar-refractivity contribution in [3.8, 4) is 5.75 Å². The molecule has 0 amide bonds. The van der Waals surface area contributed by atoms with E-state index in [-0.39, 0.29) is 10.8 Å². The molecule has 0 aliphatic heterocycles. The highest BCUT2D eigenvalue weighted by atomic mass is 32.1. The maximum Gasteiger partial charge on any atom is 0.416 e. The number of hydrogen-bond donors (Lipinski definition) is 3. The molecule has 0 radical (unpaired) electrons. The van der Waals surface area contributed by atoms with Gasteiger partial charge in [-0.15, -0.1) is 0 Å². The standard InChI is InChI=1S/C15H11F3N4O3S/c16-15(17,18)10-2-1-3-11(7-10)20-14(26)21-19-8-9-4-5-13(23)12(6-9)22(24)25/h1-8,23H,(H2,20,21,26)/b19-8+. The molecular weight excluding hydrogens is 373 g/mol. The first kappa shape index (κ1) is 19.1. The van der Waals surface area contributed by atoms with E-state index in [1.54, 1.807) is 0 Å². The van der Waals surface area contributed by atoms with Crippen LogP contribution in [0.1, 0.15) is 11.1 Å². The molecule has 0 aromatic heterocycles. The molecule has 0 heterocycles. The Morgan fingerprint density at radius 3 is 2.65 bits per heavy atom. The minimum absolute atomic E-state index is 0.0751. The number of nitrogens with one attached hydrogen (secondary N) is 2. The van der Waals surface area contributed by atoms with Crippen molar-refractivity contribution >= 4 is 34.9 Å². The van der Waals surface area contributed by atoms with Crippen LogP contribution in [0.5, 0.6) is 5.75 Å². The number of phenols is 1. The van der Waals surface area contributed by atoms with Gasteiger partial charge in [0.2, 0.25) is 0 Å². The number of hydrogen-bond acceptors (Lipinski definition) is 5. The second kappa shape index (κ2) is 7.78. The van der Waals surface area contributed by atoms with Gasteiger partial charge in [-0.1, -0.05) is 6.07 Å². The molecule has 0 aliphatic rings. The Morgan fingerprint density at radius 1 is 1.27 bits per heavy atom. The summed E-state index contributed by atoms with van der Waals surface area (Å²) < 4.78 is 37.9. The number of anilines is 1. The Morgan fingerprint density at radius 2 is 2.00 bits per heavy atom. The molecule has 2 aromatic carbocycles. The molecule has 0 atom stereocenters. The molecule has 136 valence electrons. The SMILES string of the molecule is O=[N+]([O-])c1cc(/C=N/NC(=S)Nc2cccc(C(F)(F)F)c2)ccc1O. The molecule has 0 spiro atoms. The number of nitrogens with zero attached hydrogens (tertiary/aromatic N) is 2. The van der Waals surface area contributed by atoms with Gasteiger partial charge in [0.1, 0.15) is 0 Å². The maximum atomic E-state index is 12.6. The van der Waals surface area contributed by atoms with Crippen LogP contribution >= 0.6 is 12.2 Å². The van der Waals surface area contributed by atoms with E-state index >= 15 is 0 Å². The average Bonchev–Trinajstić information content (AvgIpc) is 2.55. The summed E-state index contributed by atoms with van der Waals surface area (Å²) in [6.07, 6.45) is -3.27. The predicted octanol–water partition coefficient (Wildman–Crippen LogP) is 3.64. The van der Waals surface area contributed by atoms with Crippen LogP contribution in [0.3, 0.4) is 0 Å². The van der Waals surface area contributed by atoms with E-state index in [0.29, 0.717) is 5.56 Å². The Bertz CT molecular complexity index is 871. The van der Waals surface area contributed by atoms with Gasteiger partial charge in [0.25, 0.3) is 0 Å². The zero-order valence-electron chi connectivity index (χ0n) is 12.8.